The third kappa shape index (κ3) is 4.58. The number of carbonyl (C=O) groups is 2. The molecule has 3 rings (SSSR count). The van der Waals surface area contributed by atoms with E-state index < -0.39 is 23.5 Å². The summed E-state index contributed by atoms with van der Waals surface area (Å²) in [5.41, 5.74) is 1.78. The van der Waals surface area contributed by atoms with Crippen LogP contribution >= 0.6 is 0 Å². The van der Waals surface area contributed by atoms with E-state index >= 15 is 0 Å². The minimum atomic E-state index is -1.03. The van der Waals surface area contributed by atoms with Crippen molar-refractivity contribution in [3.05, 3.63) is 76.1 Å². The Morgan fingerprint density at radius 2 is 1.79 bits per heavy atom. The molecule has 1 aromatic heterocycles. The highest BCUT2D eigenvalue weighted by atomic mass is 19.1. The lowest BCUT2D eigenvalue weighted by atomic mass is 10.1. The summed E-state index contributed by atoms with van der Waals surface area (Å²) in [6.45, 7) is -0.340. The summed E-state index contributed by atoms with van der Waals surface area (Å²) in [7, 11) is 1.29. The molecule has 29 heavy (non-hydrogen) atoms. The van der Waals surface area contributed by atoms with E-state index in [2.05, 4.69) is 20.1 Å². The van der Waals surface area contributed by atoms with E-state index in [0.29, 0.717) is 17.8 Å². The molecule has 2 aromatic carbocycles. The molecule has 0 aliphatic rings. The molecular weight excluding hydrogens is 388 g/mol. The predicted molar refractivity (Wildman–Crippen MR) is 93.1 cm³/mol. The number of methoxy groups -OCH3 is 1. The SMILES string of the molecule is COC(=O)c1ccc(Cc2nnn(Cc3c(F)cc(C(=O)NO)cc3F)n2)cc1. The number of benzene rings is 2. The van der Waals surface area contributed by atoms with Crippen LogP contribution in [0.4, 0.5) is 8.78 Å². The van der Waals surface area contributed by atoms with Crippen LogP contribution < -0.4 is 5.48 Å². The minimum absolute atomic E-state index is 0.294. The van der Waals surface area contributed by atoms with Crippen molar-refractivity contribution in [2.75, 3.05) is 7.11 Å². The minimum Gasteiger partial charge on any atom is -0.465 e. The predicted octanol–water partition coefficient (Wildman–Crippen LogP) is 1.50. The first-order valence-corrected chi connectivity index (χ1v) is 8.27. The Balaban J connectivity index is 1.72. The molecule has 11 heteroatoms. The average Bonchev–Trinajstić information content (AvgIpc) is 3.16. The van der Waals surface area contributed by atoms with Gasteiger partial charge < -0.3 is 4.74 Å². The van der Waals surface area contributed by atoms with Crippen molar-refractivity contribution in [1.29, 1.82) is 0 Å². The van der Waals surface area contributed by atoms with E-state index in [9.17, 15) is 18.4 Å². The molecule has 1 amide bonds. The van der Waals surface area contributed by atoms with Gasteiger partial charge in [-0.3, -0.25) is 10.0 Å². The fraction of sp³-hybridized carbons (Fsp3) is 0.167. The molecule has 9 nitrogen and oxygen atoms in total. The van der Waals surface area contributed by atoms with E-state index in [-0.39, 0.29) is 17.7 Å². The lowest BCUT2D eigenvalue weighted by Crippen LogP contribution is -2.19. The number of hydrogen-bond donors (Lipinski definition) is 2. The average molecular weight is 403 g/mol. The van der Waals surface area contributed by atoms with Crippen molar-refractivity contribution < 1.29 is 28.3 Å². The van der Waals surface area contributed by atoms with Crippen LogP contribution in [0.2, 0.25) is 0 Å². The maximum atomic E-state index is 14.2. The Bertz CT molecular complexity index is 1030. The summed E-state index contributed by atoms with van der Waals surface area (Å²) >= 11 is 0. The highest BCUT2D eigenvalue weighted by Gasteiger charge is 2.17. The van der Waals surface area contributed by atoms with Crippen molar-refractivity contribution in [3.8, 4) is 0 Å². The Labute approximate surface area is 162 Å². The van der Waals surface area contributed by atoms with Crippen LogP contribution in [0, 0.1) is 11.6 Å². The zero-order chi connectivity index (χ0) is 21.0. The number of amides is 1. The summed E-state index contributed by atoms with van der Waals surface area (Å²) in [6, 6.07) is 8.20. The summed E-state index contributed by atoms with van der Waals surface area (Å²) in [5.74, 6) is -3.14. The summed E-state index contributed by atoms with van der Waals surface area (Å²) < 4.78 is 32.9. The van der Waals surface area contributed by atoms with Crippen LogP contribution in [0.3, 0.4) is 0 Å². The number of halogens is 2. The Hall–Kier alpha value is -3.73. The first kappa shape index (κ1) is 20.0. The van der Waals surface area contributed by atoms with E-state index in [0.717, 1.165) is 22.5 Å². The molecule has 0 bridgehead atoms. The maximum absolute atomic E-state index is 14.2. The number of rotatable bonds is 6. The summed E-state index contributed by atoms with van der Waals surface area (Å²) in [5, 5.41) is 20.3. The fourth-order valence-electron chi connectivity index (χ4n) is 2.56. The molecule has 0 saturated heterocycles. The van der Waals surface area contributed by atoms with Gasteiger partial charge in [-0.25, -0.2) is 19.1 Å². The molecule has 0 aliphatic heterocycles. The lowest BCUT2D eigenvalue weighted by molar-refractivity contribution is 0.0600. The number of nitrogens with zero attached hydrogens (tertiary/aromatic N) is 4. The van der Waals surface area contributed by atoms with Gasteiger partial charge in [0.1, 0.15) is 11.6 Å². The van der Waals surface area contributed by atoms with Gasteiger partial charge in [-0.1, -0.05) is 12.1 Å². The number of ether oxygens (including phenoxy) is 1. The Morgan fingerprint density at radius 1 is 1.14 bits per heavy atom. The normalized spacial score (nSPS) is 10.6. The number of esters is 1. The maximum Gasteiger partial charge on any atom is 0.337 e. The number of aromatic nitrogens is 4. The first-order valence-electron chi connectivity index (χ1n) is 8.27. The van der Waals surface area contributed by atoms with Gasteiger partial charge in [0, 0.05) is 17.5 Å². The molecule has 150 valence electrons. The standard InChI is InChI=1S/C18H15F2N5O4/c1-29-18(27)11-4-2-10(3-5-11)6-16-21-24-25(22-16)9-13-14(19)7-12(8-15(13)20)17(26)23-28/h2-5,7-8,28H,6,9H2,1H3,(H,23,26). The topological polar surface area (TPSA) is 119 Å². The Morgan fingerprint density at radius 3 is 2.38 bits per heavy atom. The molecular formula is C18H15F2N5O4. The molecule has 2 N–H and O–H groups in total. The van der Waals surface area contributed by atoms with E-state index in [1.807, 2.05) is 0 Å². The van der Waals surface area contributed by atoms with Crippen molar-refractivity contribution >= 4 is 11.9 Å². The van der Waals surface area contributed by atoms with E-state index in [4.69, 9.17) is 5.21 Å². The first-order chi connectivity index (χ1) is 13.9. The second kappa shape index (κ2) is 8.52. The second-order valence-electron chi connectivity index (χ2n) is 5.96. The summed E-state index contributed by atoms with van der Waals surface area (Å²) in [6.07, 6.45) is 0.294. The van der Waals surface area contributed by atoms with Gasteiger partial charge in [-0.05, 0) is 35.0 Å². The second-order valence-corrected chi connectivity index (χ2v) is 5.96. The highest BCUT2D eigenvalue weighted by Crippen LogP contribution is 2.17. The smallest absolute Gasteiger partial charge is 0.337 e. The third-order valence-corrected chi connectivity index (χ3v) is 4.04. The fourth-order valence-corrected chi connectivity index (χ4v) is 2.56. The van der Waals surface area contributed by atoms with Crippen LogP contribution in [-0.2, 0) is 17.7 Å². The molecule has 0 unspecified atom stereocenters. The molecule has 0 fully saturated rings. The summed E-state index contributed by atoms with van der Waals surface area (Å²) in [4.78, 5) is 23.7. The zero-order valence-electron chi connectivity index (χ0n) is 15.1. The zero-order valence-corrected chi connectivity index (χ0v) is 15.1. The van der Waals surface area contributed by atoms with E-state index in [1.165, 1.54) is 12.6 Å². The third-order valence-electron chi connectivity index (χ3n) is 4.04. The largest absolute Gasteiger partial charge is 0.465 e. The number of tetrazole rings is 1. The van der Waals surface area contributed by atoms with Gasteiger partial charge in [0.15, 0.2) is 5.82 Å². The van der Waals surface area contributed by atoms with E-state index in [1.54, 1.807) is 24.3 Å². The van der Waals surface area contributed by atoms with Crippen molar-refractivity contribution in [1.82, 2.24) is 25.7 Å². The molecule has 0 spiro atoms. The molecule has 0 atom stereocenters. The number of hydrogen-bond acceptors (Lipinski definition) is 7. The number of hydroxylamine groups is 1. The molecule has 3 aromatic rings. The quantitative estimate of drug-likeness (QED) is 0.364. The molecule has 0 saturated carbocycles. The lowest BCUT2D eigenvalue weighted by Gasteiger charge is -2.06. The van der Waals surface area contributed by atoms with Crippen LogP contribution in [0.5, 0.6) is 0 Å². The highest BCUT2D eigenvalue weighted by molar-refractivity contribution is 5.93. The van der Waals surface area contributed by atoms with Crippen LogP contribution in [-0.4, -0.2) is 44.4 Å². The van der Waals surface area contributed by atoms with Gasteiger partial charge in [0.05, 0.1) is 19.2 Å². The van der Waals surface area contributed by atoms with Crippen molar-refractivity contribution in [2.45, 2.75) is 13.0 Å². The molecule has 1 heterocycles. The van der Waals surface area contributed by atoms with Crippen LogP contribution in [0.15, 0.2) is 36.4 Å². The van der Waals surface area contributed by atoms with Crippen molar-refractivity contribution in [2.24, 2.45) is 0 Å². The van der Waals surface area contributed by atoms with Gasteiger partial charge in [-0.2, -0.15) is 4.80 Å². The van der Waals surface area contributed by atoms with Gasteiger partial charge in [0.2, 0.25) is 0 Å². The van der Waals surface area contributed by atoms with Crippen molar-refractivity contribution in [3.63, 3.8) is 0 Å². The Kier molecular flexibility index (Phi) is 5.88. The number of nitrogens with one attached hydrogen (secondary N) is 1. The van der Waals surface area contributed by atoms with Crippen LogP contribution in [0.1, 0.15) is 37.7 Å². The van der Waals surface area contributed by atoms with Gasteiger partial charge >= 0.3 is 5.97 Å². The van der Waals surface area contributed by atoms with Crippen LogP contribution in [0.25, 0.3) is 0 Å². The van der Waals surface area contributed by atoms with Gasteiger partial charge in [-0.15, -0.1) is 10.2 Å². The molecule has 0 aliphatic carbocycles. The number of carbonyl (C=O) groups excluding carboxylic acids is 2. The molecule has 0 radical (unpaired) electrons. The van der Waals surface area contributed by atoms with Gasteiger partial charge in [0.25, 0.3) is 5.91 Å². The monoisotopic (exact) mass is 403 g/mol.